The van der Waals surface area contributed by atoms with Crippen molar-refractivity contribution in [3.8, 4) is 0 Å². The van der Waals surface area contributed by atoms with E-state index in [1.165, 1.54) is 31.3 Å². The van der Waals surface area contributed by atoms with Crippen molar-refractivity contribution in [1.82, 2.24) is 0 Å². The van der Waals surface area contributed by atoms with Gasteiger partial charge in [-0.2, -0.15) is 0 Å². The van der Waals surface area contributed by atoms with E-state index in [2.05, 4.69) is 6.92 Å². The number of ketones is 2. The van der Waals surface area contributed by atoms with Crippen LogP contribution in [0.1, 0.15) is 65.2 Å². The van der Waals surface area contributed by atoms with Crippen LogP contribution < -0.4 is 0 Å². The first-order valence-electron chi connectivity index (χ1n) is 9.24. The molecule has 0 spiro atoms. The van der Waals surface area contributed by atoms with E-state index in [4.69, 9.17) is 0 Å². The predicted octanol–water partition coefficient (Wildman–Crippen LogP) is 4.33. The van der Waals surface area contributed by atoms with Crippen LogP contribution >= 0.6 is 0 Å². The van der Waals surface area contributed by atoms with Gasteiger partial charge in [-0.05, 0) is 87.0 Å². The smallest absolute Gasteiger partial charge is 0.155 e. The number of hydrogen-bond acceptors (Lipinski definition) is 2. The van der Waals surface area contributed by atoms with E-state index in [1.54, 1.807) is 6.92 Å². The molecule has 3 saturated carbocycles. The van der Waals surface area contributed by atoms with Gasteiger partial charge in [0.1, 0.15) is 5.78 Å². The third kappa shape index (κ3) is 1.98. The minimum absolute atomic E-state index is 0.263. The Labute approximate surface area is 133 Å². The van der Waals surface area contributed by atoms with Crippen molar-refractivity contribution in [2.75, 3.05) is 0 Å². The lowest BCUT2D eigenvalue weighted by molar-refractivity contribution is -0.127. The van der Waals surface area contributed by atoms with Crippen LogP contribution in [0.4, 0.5) is 0 Å². The predicted molar refractivity (Wildman–Crippen MR) is 86.3 cm³/mol. The lowest BCUT2D eigenvalue weighted by atomic mass is 9.51. The van der Waals surface area contributed by atoms with Crippen LogP contribution in [0.3, 0.4) is 0 Å². The SMILES string of the molecule is CC(=O)[C@@H]1CC[C@H]2[C@@H]3CCC4=CC(=O)CC[C@@H]4[C@H]3CC[C@]12C. The average Bonchev–Trinajstić information content (AvgIpc) is 2.84. The van der Waals surface area contributed by atoms with Crippen LogP contribution in [-0.2, 0) is 9.59 Å². The molecule has 0 aliphatic heterocycles. The second-order valence-corrected chi connectivity index (χ2v) is 8.59. The molecule has 0 N–H and O–H groups in total. The molecule has 2 heteroatoms. The molecular formula is C20H28O2. The van der Waals surface area contributed by atoms with Crippen LogP contribution in [0, 0.1) is 35.0 Å². The van der Waals surface area contributed by atoms with Gasteiger partial charge in [0.2, 0.25) is 0 Å². The number of carbonyl (C=O) groups is 2. The zero-order valence-corrected chi connectivity index (χ0v) is 13.9. The molecule has 0 radical (unpaired) electrons. The second kappa shape index (κ2) is 5.04. The maximum Gasteiger partial charge on any atom is 0.155 e. The van der Waals surface area contributed by atoms with Gasteiger partial charge in [-0.3, -0.25) is 9.59 Å². The number of hydrogen-bond donors (Lipinski definition) is 0. The molecule has 0 saturated heterocycles. The third-order valence-electron chi connectivity index (χ3n) is 7.79. The van der Waals surface area contributed by atoms with E-state index in [-0.39, 0.29) is 5.41 Å². The molecule has 0 unspecified atom stereocenters. The van der Waals surface area contributed by atoms with Crippen LogP contribution in [0.2, 0.25) is 0 Å². The van der Waals surface area contributed by atoms with Crippen molar-refractivity contribution in [3.05, 3.63) is 11.6 Å². The number of rotatable bonds is 1. The van der Waals surface area contributed by atoms with Gasteiger partial charge in [0.25, 0.3) is 0 Å². The van der Waals surface area contributed by atoms with E-state index in [0.717, 1.165) is 43.4 Å². The summed E-state index contributed by atoms with van der Waals surface area (Å²) in [7, 11) is 0. The Morgan fingerprint density at radius 3 is 2.68 bits per heavy atom. The average molecular weight is 300 g/mol. The van der Waals surface area contributed by atoms with E-state index < -0.39 is 0 Å². The molecule has 22 heavy (non-hydrogen) atoms. The molecule has 4 aliphatic rings. The summed E-state index contributed by atoms with van der Waals surface area (Å²) >= 11 is 0. The normalized spacial score (nSPS) is 47.3. The fourth-order valence-electron chi connectivity index (χ4n) is 6.85. The van der Waals surface area contributed by atoms with E-state index in [0.29, 0.717) is 23.4 Å². The molecule has 6 atom stereocenters. The van der Waals surface area contributed by atoms with Gasteiger partial charge >= 0.3 is 0 Å². The van der Waals surface area contributed by atoms with Gasteiger partial charge in [-0.15, -0.1) is 0 Å². The number of carbonyl (C=O) groups excluding carboxylic acids is 2. The summed E-state index contributed by atoms with van der Waals surface area (Å²) in [5.41, 5.74) is 1.72. The zero-order valence-electron chi connectivity index (χ0n) is 13.9. The molecule has 0 amide bonds. The van der Waals surface area contributed by atoms with E-state index in [1.807, 2.05) is 6.08 Å². The van der Waals surface area contributed by atoms with Gasteiger partial charge in [-0.1, -0.05) is 12.5 Å². The summed E-state index contributed by atoms with van der Waals surface area (Å²) in [5, 5.41) is 0. The summed E-state index contributed by atoms with van der Waals surface area (Å²) in [6.07, 6.45) is 11.1. The Balaban J connectivity index is 1.62. The number of fused-ring (bicyclic) bond motifs is 5. The van der Waals surface area contributed by atoms with Crippen LogP contribution in [0.5, 0.6) is 0 Å². The highest BCUT2D eigenvalue weighted by molar-refractivity contribution is 5.91. The van der Waals surface area contributed by atoms with Crippen molar-refractivity contribution < 1.29 is 9.59 Å². The second-order valence-electron chi connectivity index (χ2n) is 8.59. The quantitative estimate of drug-likeness (QED) is 0.722. The maximum atomic E-state index is 12.1. The first kappa shape index (κ1) is 14.7. The summed E-state index contributed by atoms with van der Waals surface area (Å²) < 4.78 is 0. The molecular weight excluding hydrogens is 272 g/mol. The molecule has 0 aromatic rings. The fourth-order valence-corrected chi connectivity index (χ4v) is 6.85. The number of Topliss-reactive ketones (excluding diaryl/α,β-unsaturated/α-hetero) is 1. The summed E-state index contributed by atoms with van der Waals surface area (Å²) in [4.78, 5) is 23.8. The summed E-state index contributed by atoms with van der Waals surface area (Å²) in [6.45, 7) is 4.21. The molecule has 120 valence electrons. The highest BCUT2D eigenvalue weighted by Gasteiger charge is 2.57. The van der Waals surface area contributed by atoms with E-state index >= 15 is 0 Å². The van der Waals surface area contributed by atoms with Crippen molar-refractivity contribution >= 4 is 11.6 Å². The molecule has 0 aromatic carbocycles. The van der Waals surface area contributed by atoms with Gasteiger partial charge in [0, 0.05) is 12.3 Å². The minimum atomic E-state index is 0.263. The van der Waals surface area contributed by atoms with Gasteiger partial charge in [0.15, 0.2) is 5.78 Å². The Bertz CT molecular complexity index is 546. The van der Waals surface area contributed by atoms with Gasteiger partial charge < -0.3 is 0 Å². The molecule has 3 fully saturated rings. The molecule has 4 aliphatic carbocycles. The molecule has 0 heterocycles. The largest absolute Gasteiger partial charge is 0.300 e. The Morgan fingerprint density at radius 1 is 1.09 bits per heavy atom. The van der Waals surface area contributed by atoms with Crippen molar-refractivity contribution in [3.63, 3.8) is 0 Å². The molecule has 4 rings (SSSR count). The molecule has 0 bridgehead atoms. The standard InChI is InChI=1S/C20H28O2/c1-12(21)18-7-8-19-17-5-3-13-11-14(22)4-6-15(13)16(17)9-10-20(18,19)2/h11,15-19H,3-10H2,1-2H3/t15-,16+,17+,18-,19-,20+/m0/s1. The highest BCUT2D eigenvalue weighted by Crippen LogP contribution is 2.63. The topological polar surface area (TPSA) is 34.1 Å². The highest BCUT2D eigenvalue weighted by atomic mass is 16.1. The van der Waals surface area contributed by atoms with E-state index in [9.17, 15) is 9.59 Å². The monoisotopic (exact) mass is 300 g/mol. The Kier molecular flexibility index (Phi) is 3.36. The van der Waals surface area contributed by atoms with Crippen molar-refractivity contribution in [1.29, 1.82) is 0 Å². The Hall–Kier alpha value is -0.920. The third-order valence-corrected chi connectivity index (χ3v) is 7.79. The minimum Gasteiger partial charge on any atom is -0.300 e. The van der Waals surface area contributed by atoms with Crippen LogP contribution in [-0.4, -0.2) is 11.6 Å². The van der Waals surface area contributed by atoms with Gasteiger partial charge in [0.05, 0.1) is 0 Å². The van der Waals surface area contributed by atoms with Crippen LogP contribution in [0.15, 0.2) is 11.6 Å². The number of allylic oxidation sites excluding steroid dienone is 1. The van der Waals surface area contributed by atoms with Crippen molar-refractivity contribution in [2.24, 2.45) is 35.0 Å². The van der Waals surface area contributed by atoms with Crippen molar-refractivity contribution in [2.45, 2.75) is 65.2 Å². The molecule has 0 aromatic heterocycles. The first-order chi connectivity index (χ1) is 10.5. The Morgan fingerprint density at radius 2 is 1.91 bits per heavy atom. The lowest BCUT2D eigenvalue weighted by Crippen LogP contribution is -2.47. The lowest BCUT2D eigenvalue weighted by Gasteiger charge is -2.53. The zero-order chi connectivity index (χ0) is 15.5. The fraction of sp³-hybridized carbons (Fsp3) is 0.800. The summed E-state index contributed by atoms with van der Waals surface area (Å²) in [5.74, 6) is 4.10. The van der Waals surface area contributed by atoms with Gasteiger partial charge in [-0.25, -0.2) is 0 Å². The molecule has 2 nitrogen and oxygen atoms in total. The van der Waals surface area contributed by atoms with Crippen LogP contribution in [0.25, 0.3) is 0 Å². The first-order valence-corrected chi connectivity index (χ1v) is 9.24. The maximum absolute atomic E-state index is 12.1. The summed E-state index contributed by atoms with van der Waals surface area (Å²) in [6, 6.07) is 0.